The number of benzene rings is 2. The summed E-state index contributed by atoms with van der Waals surface area (Å²) in [6.07, 6.45) is 5.20. The monoisotopic (exact) mass is 474 g/mol. The maximum absolute atomic E-state index is 13.1. The van der Waals surface area contributed by atoms with E-state index in [0.717, 1.165) is 54.9 Å². The van der Waals surface area contributed by atoms with Crippen molar-refractivity contribution in [3.05, 3.63) is 53.6 Å². The van der Waals surface area contributed by atoms with Crippen LogP contribution in [-0.4, -0.2) is 50.2 Å². The molecule has 2 aromatic carbocycles. The van der Waals surface area contributed by atoms with Gasteiger partial charge in [-0.25, -0.2) is 8.42 Å². The second-order valence-electron chi connectivity index (χ2n) is 8.34. The van der Waals surface area contributed by atoms with Crippen LogP contribution in [-0.2, 0) is 14.8 Å². The molecule has 1 N–H and O–H groups in total. The minimum Gasteiger partial charge on any atom is -0.377 e. The minimum atomic E-state index is -3.56. The number of carbonyl (C=O) groups is 1. The quantitative estimate of drug-likeness (QED) is 0.589. The lowest BCUT2D eigenvalue weighted by atomic mass is 10.1. The molecule has 4 rings (SSSR count). The molecule has 0 bridgehead atoms. The number of nitrogens with one attached hydrogen (secondary N) is 1. The fourth-order valence-electron chi connectivity index (χ4n) is 4.08. The van der Waals surface area contributed by atoms with Gasteiger partial charge in [-0.15, -0.1) is 11.8 Å². The van der Waals surface area contributed by atoms with Crippen LogP contribution in [0.2, 0.25) is 0 Å². The number of nitrogens with zero attached hydrogens (tertiary/aromatic N) is 1. The lowest BCUT2D eigenvalue weighted by Crippen LogP contribution is -2.35. The number of thioether (sulfide) groups is 1. The summed E-state index contributed by atoms with van der Waals surface area (Å²) >= 11 is 1.63. The van der Waals surface area contributed by atoms with Gasteiger partial charge in [-0.3, -0.25) is 4.79 Å². The summed E-state index contributed by atoms with van der Waals surface area (Å²) in [5, 5.41) is 2.94. The Morgan fingerprint density at radius 2 is 1.91 bits per heavy atom. The zero-order valence-corrected chi connectivity index (χ0v) is 20.0. The first-order chi connectivity index (χ1) is 15.4. The predicted molar refractivity (Wildman–Crippen MR) is 128 cm³/mol. The highest BCUT2D eigenvalue weighted by atomic mass is 32.2. The Labute approximate surface area is 194 Å². The van der Waals surface area contributed by atoms with Crippen molar-refractivity contribution in [1.29, 1.82) is 0 Å². The molecule has 2 saturated heterocycles. The number of ether oxygens (including phenoxy) is 1. The fourth-order valence-corrected chi connectivity index (χ4v) is 6.74. The van der Waals surface area contributed by atoms with Gasteiger partial charge >= 0.3 is 0 Å². The molecule has 1 unspecified atom stereocenters. The van der Waals surface area contributed by atoms with Gasteiger partial charge in [-0.1, -0.05) is 24.6 Å². The largest absolute Gasteiger partial charge is 0.377 e. The molecule has 0 saturated carbocycles. The Kier molecular flexibility index (Phi) is 7.55. The van der Waals surface area contributed by atoms with Gasteiger partial charge in [-0.05, 0) is 62.4 Å². The summed E-state index contributed by atoms with van der Waals surface area (Å²) in [4.78, 5) is 14.3. The van der Waals surface area contributed by atoms with Crippen molar-refractivity contribution in [3.8, 4) is 0 Å². The Balaban J connectivity index is 1.52. The summed E-state index contributed by atoms with van der Waals surface area (Å²) in [6.45, 7) is 3.77. The summed E-state index contributed by atoms with van der Waals surface area (Å²) < 4.78 is 33.4. The third-order valence-electron chi connectivity index (χ3n) is 5.99. The van der Waals surface area contributed by atoms with E-state index < -0.39 is 10.0 Å². The first kappa shape index (κ1) is 23.3. The van der Waals surface area contributed by atoms with Gasteiger partial charge in [0.25, 0.3) is 5.91 Å². The number of amides is 1. The molecule has 2 heterocycles. The molecule has 0 aromatic heterocycles. The van der Waals surface area contributed by atoms with Gasteiger partial charge in [0.2, 0.25) is 10.0 Å². The molecule has 0 aliphatic carbocycles. The first-order valence-corrected chi connectivity index (χ1v) is 13.6. The van der Waals surface area contributed by atoms with Gasteiger partial charge in [0.15, 0.2) is 0 Å². The number of piperidine rings is 1. The highest BCUT2D eigenvalue weighted by Gasteiger charge is 2.26. The van der Waals surface area contributed by atoms with Crippen molar-refractivity contribution in [1.82, 2.24) is 4.31 Å². The third kappa shape index (κ3) is 5.36. The Morgan fingerprint density at radius 1 is 1.12 bits per heavy atom. The number of aryl methyl sites for hydroxylation is 1. The van der Waals surface area contributed by atoms with Gasteiger partial charge < -0.3 is 10.1 Å². The number of carbonyl (C=O) groups excluding carboxylic acids is 1. The second-order valence-corrected chi connectivity index (χ2v) is 11.3. The number of rotatable bonds is 7. The molecular weight excluding hydrogens is 444 g/mol. The maximum atomic E-state index is 13.1. The van der Waals surface area contributed by atoms with E-state index in [1.165, 1.54) is 0 Å². The molecule has 32 heavy (non-hydrogen) atoms. The summed E-state index contributed by atoms with van der Waals surface area (Å²) in [7, 11) is -3.56. The van der Waals surface area contributed by atoms with Crippen LogP contribution in [0.1, 0.15) is 48.0 Å². The first-order valence-electron chi connectivity index (χ1n) is 11.2. The topological polar surface area (TPSA) is 75.7 Å². The van der Waals surface area contributed by atoms with Crippen molar-refractivity contribution in [2.24, 2.45) is 0 Å². The lowest BCUT2D eigenvalue weighted by molar-refractivity contribution is 0.102. The molecule has 2 aliphatic heterocycles. The van der Waals surface area contributed by atoms with E-state index in [1.54, 1.807) is 40.3 Å². The smallest absolute Gasteiger partial charge is 0.256 e. The van der Waals surface area contributed by atoms with Crippen LogP contribution in [0, 0.1) is 6.92 Å². The van der Waals surface area contributed by atoms with E-state index in [9.17, 15) is 13.2 Å². The van der Waals surface area contributed by atoms with Gasteiger partial charge in [0.1, 0.15) is 0 Å². The number of anilines is 1. The molecular formula is C24H30N2O4S2. The zero-order chi connectivity index (χ0) is 22.6. The SMILES string of the molecule is Cc1ccc(S(=O)(=O)N2CCCCC2)cc1NC(=O)c1ccccc1SCC1CCCO1. The molecule has 0 spiro atoms. The van der Waals surface area contributed by atoms with E-state index in [2.05, 4.69) is 5.32 Å². The Hall–Kier alpha value is -1.87. The minimum absolute atomic E-state index is 0.223. The average Bonchev–Trinajstić information content (AvgIpc) is 3.33. The zero-order valence-electron chi connectivity index (χ0n) is 18.4. The van der Waals surface area contributed by atoms with Crippen LogP contribution in [0.3, 0.4) is 0 Å². The maximum Gasteiger partial charge on any atom is 0.256 e. The van der Waals surface area contributed by atoms with Crippen LogP contribution in [0.15, 0.2) is 52.3 Å². The van der Waals surface area contributed by atoms with Crippen molar-refractivity contribution in [3.63, 3.8) is 0 Å². The van der Waals surface area contributed by atoms with Gasteiger partial charge in [0, 0.05) is 36.0 Å². The summed E-state index contributed by atoms with van der Waals surface area (Å²) in [6, 6.07) is 12.5. The lowest BCUT2D eigenvalue weighted by Gasteiger charge is -2.26. The summed E-state index contributed by atoms with van der Waals surface area (Å²) in [5.74, 6) is 0.573. The van der Waals surface area contributed by atoms with Crippen LogP contribution in [0.25, 0.3) is 0 Å². The molecule has 0 radical (unpaired) electrons. The van der Waals surface area contributed by atoms with E-state index in [4.69, 9.17) is 4.74 Å². The standard InChI is InChI=1S/C24H30N2O4S2/c1-18-11-12-20(32(28,29)26-13-5-2-6-14-26)16-22(18)25-24(27)21-9-3-4-10-23(21)31-17-19-8-7-15-30-19/h3-4,9-12,16,19H,2,5-8,13-15,17H2,1H3,(H,25,27). The van der Waals surface area contributed by atoms with Crippen LogP contribution in [0.4, 0.5) is 5.69 Å². The number of hydrogen-bond acceptors (Lipinski definition) is 5. The molecule has 2 aromatic rings. The van der Waals surface area contributed by atoms with Crippen molar-refractivity contribution in [2.75, 3.05) is 30.8 Å². The number of hydrogen-bond donors (Lipinski definition) is 1. The predicted octanol–water partition coefficient (Wildman–Crippen LogP) is 4.69. The molecule has 1 atom stereocenters. The number of sulfonamides is 1. The molecule has 172 valence electrons. The molecule has 2 fully saturated rings. The fraction of sp³-hybridized carbons (Fsp3) is 0.458. The van der Waals surface area contributed by atoms with Crippen molar-refractivity contribution < 1.29 is 17.9 Å². The second kappa shape index (κ2) is 10.4. The Morgan fingerprint density at radius 3 is 2.66 bits per heavy atom. The third-order valence-corrected chi connectivity index (χ3v) is 9.09. The normalized spacial score (nSPS) is 19.7. The molecule has 1 amide bonds. The van der Waals surface area contributed by atoms with E-state index >= 15 is 0 Å². The van der Waals surface area contributed by atoms with Crippen LogP contribution >= 0.6 is 11.8 Å². The van der Waals surface area contributed by atoms with E-state index in [0.29, 0.717) is 24.3 Å². The molecule has 6 nitrogen and oxygen atoms in total. The highest BCUT2D eigenvalue weighted by molar-refractivity contribution is 7.99. The van der Waals surface area contributed by atoms with Gasteiger partial charge in [-0.2, -0.15) is 4.31 Å². The van der Waals surface area contributed by atoms with E-state index in [1.807, 2.05) is 25.1 Å². The van der Waals surface area contributed by atoms with E-state index in [-0.39, 0.29) is 16.9 Å². The molecule has 8 heteroatoms. The van der Waals surface area contributed by atoms with Crippen LogP contribution < -0.4 is 5.32 Å². The average molecular weight is 475 g/mol. The summed E-state index contributed by atoms with van der Waals surface area (Å²) in [5.41, 5.74) is 1.92. The molecule has 2 aliphatic rings. The van der Waals surface area contributed by atoms with Crippen LogP contribution in [0.5, 0.6) is 0 Å². The Bertz CT molecular complexity index is 1060. The highest BCUT2D eigenvalue weighted by Crippen LogP contribution is 2.29. The van der Waals surface area contributed by atoms with Crippen molar-refractivity contribution >= 4 is 33.4 Å². The van der Waals surface area contributed by atoms with Crippen molar-refractivity contribution in [2.45, 2.75) is 54.9 Å². The van der Waals surface area contributed by atoms with Gasteiger partial charge in [0.05, 0.1) is 16.6 Å².